The number of rotatable bonds is 3. The number of amides is 1. The monoisotopic (exact) mass is 357 g/mol. The van der Waals surface area contributed by atoms with Crippen molar-refractivity contribution in [3.8, 4) is 0 Å². The molecule has 2 atom stereocenters. The minimum atomic E-state index is -0.652. The molecule has 134 valence electrons. The summed E-state index contributed by atoms with van der Waals surface area (Å²) in [5, 5.41) is 6.88. The molecule has 1 aromatic carbocycles. The molecule has 3 aromatic rings. The fraction of sp³-hybridized carbons (Fsp3) is 0.294. The molecule has 0 unspecified atom stereocenters. The van der Waals surface area contributed by atoms with Crippen molar-refractivity contribution in [2.24, 2.45) is 13.0 Å². The summed E-state index contributed by atoms with van der Waals surface area (Å²) in [4.78, 5) is 30.9. The second-order valence-corrected chi connectivity index (χ2v) is 6.20. The second kappa shape index (κ2) is 6.34. The van der Waals surface area contributed by atoms with Crippen LogP contribution in [0.4, 0.5) is 10.1 Å². The van der Waals surface area contributed by atoms with Crippen LogP contribution in [-0.4, -0.2) is 32.3 Å². The van der Waals surface area contributed by atoms with Gasteiger partial charge < -0.3 is 15.0 Å². The minimum absolute atomic E-state index is 0.0576. The van der Waals surface area contributed by atoms with E-state index in [4.69, 9.17) is 4.74 Å². The Kier molecular flexibility index (Phi) is 4.00. The molecule has 2 N–H and O–H groups in total. The topological polar surface area (TPSA) is 102 Å². The normalized spacial score (nSPS) is 19.8. The van der Waals surface area contributed by atoms with Gasteiger partial charge in [-0.2, -0.15) is 5.10 Å². The first kappa shape index (κ1) is 16.4. The fourth-order valence-corrected chi connectivity index (χ4v) is 3.18. The van der Waals surface area contributed by atoms with Crippen LogP contribution in [0.15, 0.2) is 35.6 Å². The summed E-state index contributed by atoms with van der Waals surface area (Å²) in [5.74, 6) is -1.49. The van der Waals surface area contributed by atoms with Gasteiger partial charge >= 0.3 is 0 Å². The number of aromatic nitrogens is 4. The summed E-state index contributed by atoms with van der Waals surface area (Å²) in [5.41, 5.74) is 0.562. The van der Waals surface area contributed by atoms with E-state index in [1.807, 2.05) is 0 Å². The van der Waals surface area contributed by atoms with Crippen molar-refractivity contribution >= 4 is 22.5 Å². The fourth-order valence-electron chi connectivity index (χ4n) is 3.18. The maximum absolute atomic E-state index is 14.3. The van der Waals surface area contributed by atoms with Gasteiger partial charge in [0.2, 0.25) is 5.91 Å². The largest absolute Gasteiger partial charge is 0.373 e. The third-order valence-corrected chi connectivity index (χ3v) is 4.47. The highest BCUT2D eigenvalue weighted by Crippen LogP contribution is 2.35. The Labute approximate surface area is 147 Å². The Morgan fingerprint density at radius 2 is 2.31 bits per heavy atom. The Bertz CT molecular complexity index is 1040. The van der Waals surface area contributed by atoms with E-state index in [0.29, 0.717) is 13.0 Å². The van der Waals surface area contributed by atoms with Gasteiger partial charge in [0.25, 0.3) is 5.56 Å². The van der Waals surface area contributed by atoms with Crippen LogP contribution in [0.3, 0.4) is 0 Å². The minimum Gasteiger partial charge on any atom is -0.373 e. The van der Waals surface area contributed by atoms with Crippen LogP contribution in [0, 0.1) is 11.7 Å². The molecule has 1 saturated heterocycles. The first-order valence-corrected chi connectivity index (χ1v) is 8.11. The quantitative estimate of drug-likeness (QED) is 0.740. The van der Waals surface area contributed by atoms with E-state index in [2.05, 4.69) is 20.4 Å². The van der Waals surface area contributed by atoms with Crippen LogP contribution in [0.5, 0.6) is 0 Å². The molecule has 1 aliphatic heterocycles. The highest BCUT2D eigenvalue weighted by molar-refractivity contribution is 5.95. The zero-order valence-electron chi connectivity index (χ0n) is 13.9. The number of halogens is 1. The first-order chi connectivity index (χ1) is 12.5. The number of carbonyl (C=O) groups excluding carboxylic acids is 1. The van der Waals surface area contributed by atoms with Gasteiger partial charge in [0.05, 0.1) is 41.1 Å². The van der Waals surface area contributed by atoms with Crippen LogP contribution >= 0.6 is 0 Å². The van der Waals surface area contributed by atoms with E-state index in [9.17, 15) is 14.0 Å². The Morgan fingerprint density at radius 3 is 3.08 bits per heavy atom. The molecule has 0 bridgehead atoms. The standard InChI is InChI=1S/C17H16FN5O3/c1-23-7-9(6-21-23)15-10(2-3-26-15)17(25)22-14-4-11-13(5-12(14)18)19-8-20-16(11)24/h4-8,10,15H,2-3H2,1H3,(H,22,25)(H,19,20,24)/t10-,15+/m0/s1. The SMILES string of the molecule is Cn1cc([C@H]2OCC[C@@H]2C(=O)Nc2cc3c(=O)[nH]cnc3cc2F)cn1. The molecule has 9 heteroatoms. The van der Waals surface area contributed by atoms with Gasteiger partial charge in [0.1, 0.15) is 5.82 Å². The van der Waals surface area contributed by atoms with E-state index in [1.165, 1.54) is 12.4 Å². The summed E-state index contributed by atoms with van der Waals surface area (Å²) in [6.45, 7) is 0.432. The number of nitrogens with one attached hydrogen (secondary N) is 2. The number of fused-ring (bicyclic) bond motifs is 1. The Hall–Kier alpha value is -3.07. The zero-order valence-corrected chi connectivity index (χ0v) is 13.9. The number of hydrogen-bond donors (Lipinski definition) is 2. The van der Waals surface area contributed by atoms with Crippen molar-refractivity contribution in [1.29, 1.82) is 0 Å². The van der Waals surface area contributed by atoms with E-state index >= 15 is 0 Å². The van der Waals surface area contributed by atoms with E-state index in [-0.39, 0.29) is 22.5 Å². The van der Waals surface area contributed by atoms with Crippen molar-refractivity contribution < 1.29 is 13.9 Å². The molecule has 0 radical (unpaired) electrons. The van der Waals surface area contributed by atoms with Crippen LogP contribution in [0.1, 0.15) is 18.1 Å². The van der Waals surface area contributed by atoms with E-state index in [0.717, 1.165) is 11.6 Å². The summed E-state index contributed by atoms with van der Waals surface area (Å²) in [6.07, 6.45) is 4.73. The summed E-state index contributed by atoms with van der Waals surface area (Å²) >= 11 is 0. The Morgan fingerprint density at radius 1 is 1.46 bits per heavy atom. The number of nitrogens with zero attached hydrogens (tertiary/aromatic N) is 3. The highest BCUT2D eigenvalue weighted by atomic mass is 19.1. The smallest absolute Gasteiger partial charge is 0.258 e. The molecule has 2 aromatic heterocycles. The van der Waals surface area contributed by atoms with Crippen molar-refractivity contribution in [3.05, 3.63) is 52.6 Å². The van der Waals surface area contributed by atoms with Gasteiger partial charge in [0.15, 0.2) is 0 Å². The summed E-state index contributed by atoms with van der Waals surface area (Å²) < 4.78 is 21.6. The maximum atomic E-state index is 14.3. The molecule has 0 saturated carbocycles. The molecular formula is C17H16FN5O3. The molecule has 1 amide bonds. The average molecular weight is 357 g/mol. The van der Waals surface area contributed by atoms with Gasteiger partial charge in [-0.1, -0.05) is 0 Å². The predicted octanol–water partition coefficient (Wildman–Crippen LogP) is 1.51. The predicted molar refractivity (Wildman–Crippen MR) is 91.0 cm³/mol. The summed E-state index contributed by atoms with van der Waals surface area (Å²) in [6, 6.07) is 2.42. The lowest BCUT2D eigenvalue weighted by molar-refractivity contribution is -0.121. The highest BCUT2D eigenvalue weighted by Gasteiger charge is 2.36. The Balaban J connectivity index is 1.61. The lowest BCUT2D eigenvalue weighted by atomic mass is 9.96. The lowest BCUT2D eigenvalue weighted by Crippen LogP contribution is -2.25. The van der Waals surface area contributed by atoms with Crippen molar-refractivity contribution in [1.82, 2.24) is 19.7 Å². The number of carbonyl (C=O) groups is 1. The van der Waals surface area contributed by atoms with Gasteiger partial charge in [-0.25, -0.2) is 9.37 Å². The second-order valence-electron chi connectivity index (χ2n) is 6.20. The van der Waals surface area contributed by atoms with Crippen LogP contribution < -0.4 is 10.9 Å². The summed E-state index contributed by atoms with van der Waals surface area (Å²) in [7, 11) is 1.78. The number of ether oxygens (including phenoxy) is 1. The molecule has 3 heterocycles. The lowest BCUT2D eigenvalue weighted by Gasteiger charge is -2.17. The number of hydrogen-bond acceptors (Lipinski definition) is 5. The van der Waals surface area contributed by atoms with Gasteiger partial charge in [0, 0.05) is 31.5 Å². The maximum Gasteiger partial charge on any atom is 0.258 e. The number of aryl methyl sites for hydroxylation is 1. The molecule has 1 fully saturated rings. The molecule has 4 rings (SSSR count). The van der Waals surface area contributed by atoms with Crippen molar-refractivity contribution in [3.63, 3.8) is 0 Å². The van der Waals surface area contributed by atoms with Crippen LogP contribution in [0.25, 0.3) is 10.9 Å². The third kappa shape index (κ3) is 2.86. The van der Waals surface area contributed by atoms with E-state index < -0.39 is 23.4 Å². The van der Waals surface area contributed by atoms with Gasteiger partial charge in [-0.3, -0.25) is 14.3 Å². The number of anilines is 1. The molecule has 0 aliphatic carbocycles. The van der Waals surface area contributed by atoms with Crippen LogP contribution in [0.2, 0.25) is 0 Å². The van der Waals surface area contributed by atoms with E-state index in [1.54, 1.807) is 24.1 Å². The van der Waals surface area contributed by atoms with Crippen molar-refractivity contribution in [2.75, 3.05) is 11.9 Å². The number of aromatic amines is 1. The molecule has 26 heavy (non-hydrogen) atoms. The molecule has 8 nitrogen and oxygen atoms in total. The number of benzene rings is 1. The van der Waals surface area contributed by atoms with Crippen LogP contribution in [-0.2, 0) is 16.6 Å². The third-order valence-electron chi connectivity index (χ3n) is 4.47. The number of H-pyrrole nitrogens is 1. The zero-order chi connectivity index (χ0) is 18.3. The molecule has 1 aliphatic rings. The van der Waals surface area contributed by atoms with Gasteiger partial charge in [-0.05, 0) is 12.5 Å². The average Bonchev–Trinajstić information content (AvgIpc) is 3.25. The van der Waals surface area contributed by atoms with Crippen molar-refractivity contribution in [2.45, 2.75) is 12.5 Å². The van der Waals surface area contributed by atoms with Gasteiger partial charge in [-0.15, -0.1) is 0 Å². The molecule has 0 spiro atoms. The first-order valence-electron chi connectivity index (χ1n) is 8.11. The molecular weight excluding hydrogens is 341 g/mol.